The fraction of sp³-hybridized carbons (Fsp3) is 0.273. The van der Waals surface area contributed by atoms with Gasteiger partial charge in [0.05, 0.1) is 18.6 Å². The smallest absolute Gasteiger partial charge is 0.271 e. The number of aryl methyl sites for hydroxylation is 1. The predicted octanol–water partition coefficient (Wildman–Crippen LogP) is 0.182. The van der Waals surface area contributed by atoms with Crippen LogP contribution in [-0.2, 0) is 13.6 Å². The third-order valence-electron chi connectivity index (χ3n) is 2.35. The van der Waals surface area contributed by atoms with Crippen molar-refractivity contribution < 1.29 is 4.79 Å². The zero-order chi connectivity index (χ0) is 13.0. The number of amides is 1. The van der Waals surface area contributed by atoms with Gasteiger partial charge >= 0.3 is 0 Å². The minimum Gasteiger partial charge on any atom is -0.372 e. The van der Waals surface area contributed by atoms with E-state index in [1.807, 2.05) is 13.2 Å². The number of aromatic nitrogens is 4. The van der Waals surface area contributed by atoms with E-state index in [1.165, 1.54) is 12.4 Å². The van der Waals surface area contributed by atoms with Gasteiger partial charge in [-0.3, -0.25) is 9.48 Å². The molecule has 0 aliphatic rings. The van der Waals surface area contributed by atoms with Crippen molar-refractivity contribution in [2.75, 3.05) is 12.4 Å². The summed E-state index contributed by atoms with van der Waals surface area (Å²) in [6.07, 6.45) is 6.50. The zero-order valence-electron chi connectivity index (χ0n) is 10.2. The summed E-state index contributed by atoms with van der Waals surface area (Å²) in [6, 6.07) is 0. The van der Waals surface area contributed by atoms with Gasteiger partial charge in [-0.1, -0.05) is 0 Å². The van der Waals surface area contributed by atoms with E-state index in [0.717, 1.165) is 5.56 Å². The minimum absolute atomic E-state index is 0.256. The SMILES string of the molecule is CNc1cnc(C(=O)NCc2cnn(C)c2)cn1. The number of carbonyl (C=O) groups excluding carboxylic acids is 1. The van der Waals surface area contributed by atoms with E-state index >= 15 is 0 Å². The molecule has 7 heteroatoms. The number of hydrogen-bond acceptors (Lipinski definition) is 5. The summed E-state index contributed by atoms with van der Waals surface area (Å²) in [5, 5.41) is 9.61. The second-order valence-electron chi connectivity index (χ2n) is 3.74. The highest BCUT2D eigenvalue weighted by Crippen LogP contribution is 2.00. The first-order valence-electron chi connectivity index (χ1n) is 5.44. The number of rotatable bonds is 4. The number of carbonyl (C=O) groups is 1. The molecule has 0 bridgehead atoms. The summed E-state index contributed by atoms with van der Waals surface area (Å²) in [5.41, 5.74) is 1.23. The van der Waals surface area contributed by atoms with Crippen LogP contribution in [0.25, 0.3) is 0 Å². The van der Waals surface area contributed by atoms with Crippen molar-refractivity contribution in [3.8, 4) is 0 Å². The molecule has 0 radical (unpaired) electrons. The molecule has 1 amide bonds. The Labute approximate surface area is 104 Å². The Balaban J connectivity index is 1.94. The highest BCUT2D eigenvalue weighted by Gasteiger charge is 2.07. The summed E-state index contributed by atoms with van der Waals surface area (Å²) in [6.45, 7) is 0.419. The van der Waals surface area contributed by atoms with Crippen molar-refractivity contribution in [3.05, 3.63) is 36.0 Å². The van der Waals surface area contributed by atoms with Crippen molar-refractivity contribution in [2.45, 2.75) is 6.54 Å². The van der Waals surface area contributed by atoms with Gasteiger partial charge in [-0.05, 0) is 0 Å². The van der Waals surface area contributed by atoms with Crippen LogP contribution >= 0.6 is 0 Å². The summed E-state index contributed by atoms with van der Waals surface area (Å²) < 4.78 is 1.68. The standard InChI is InChI=1S/C11H14N6O/c1-12-10-6-13-9(5-14-10)11(18)15-3-8-4-16-17(2)7-8/h4-7H,3H2,1-2H3,(H,12,14)(H,15,18). The first-order chi connectivity index (χ1) is 8.69. The maximum Gasteiger partial charge on any atom is 0.271 e. The average molecular weight is 246 g/mol. The highest BCUT2D eigenvalue weighted by molar-refractivity contribution is 5.91. The Morgan fingerprint density at radius 3 is 2.72 bits per heavy atom. The Kier molecular flexibility index (Phi) is 3.52. The van der Waals surface area contributed by atoms with Crippen LogP contribution < -0.4 is 10.6 Å². The predicted molar refractivity (Wildman–Crippen MR) is 66.0 cm³/mol. The van der Waals surface area contributed by atoms with Crippen molar-refractivity contribution in [2.24, 2.45) is 7.05 Å². The van der Waals surface area contributed by atoms with Crippen LogP contribution in [0.4, 0.5) is 5.82 Å². The lowest BCUT2D eigenvalue weighted by atomic mass is 10.3. The van der Waals surface area contributed by atoms with Gasteiger partial charge in [0.25, 0.3) is 5.91 Å². The maximum absolute atomic E-state index is 11.8. The molecular formula is C11H14N6O. The molecule has 0 aliphatic heterocycles. The molecule has 0 fully saturated rings. The van der Waals surface area contributed by atoms with Gasteiger partial charge in [0.15, 0.2) is 0 Å². The lowest BCUT2D eigenvalue weighted by Gasteiger charge is -2.03. The largest absolute Gasteiger partial charge is 0.372 e. The zero-order valence-corrected chi connectivity index (χ0v) is 10.2. The highest BCUT2D eigenvalue weighted by atomic mass is 16.1. The van der Waals surface area contributed by atoms with Gasteiger partial charge in [0.1, 0.15) is 11.5 Å². The lowest BCUT2D eigenvalue weighted by Crippen LogP contribution is -2.23. The van der Waals surface area contributed by atoms with Crippen molar-refractivity contribution >= 4 is 11.7 Å². The van der Waals surface area contributed by atoms with Crippen LogP contribution in [0.5, 0.6) is 0 Å². The van der Waals surface area contributed by atoms with E-state index in [9.17, 15) is 4.79 Å². The number of hydrogen-bond donors (Lipinski definition) is 2. The van der Waals surface area contributed by atoms with Gasteiger partial charge in [0.2, 0.25) is 0 Å². The lowest BCUT2D eigenvalue weighted by molar-refractivity contribution is 0.0945. The molecule has 0 saturated heterocycles. The summed E-state index contributed by atoms with van der Waals surface area (Å²) in [4.78, 5) is 19.8. The first kappa shape index (κ1) is 12.0. The van der Waals surface area contributed by atoms with E-state index in [4.69, 9.17) is 0 Å². The summed E-state index contributed by atoms with van der Waals surface area (Å²) in [5.74, 6) is 0.368. The monoisotopic (exact) mass is 246 g/mol. The van der Waals surface area contributed by atoms with Crippen molar-refractivity contribution in [3.63, 3.8) is 0 Å². The van der Waals surface area contributed by atoms with Crippen LogP contribution in [-0.4, -0.2) is 32.7 Å². The molecule has 2 rings (SSSR count). The molecule has 2 N–H and O–H groups in total. The third kappa shape index (κ3) is 2.82. The minimum atomic E-state index is -0.256. The van der Waals surface area contributed by atoms with E-state index in [1.54, 1.807) is 17.9 Å². The van der Waals surface area contributed by atoms with Crippen molar-refractivity contribution in [1.82, 2.24) is 25.1 Å². The summed E-state index contributed by atoms with van der Waals surface area (Å²) in [7, 11) is 3.57. The molecule has 7 nitrogen and oxygen atoms in total. The molecule has 2 heterocycles. The van der Waals surface area contributed by atoms with Crippen LogP contribution in [0.3, 0.4) is 0 Å². The van der Waals surface area contributed by atoms with Crippen molar-refractivity contribution in [1.29, 1.82) is 0 Å². The fourth-order valence-corrected chi connectivity index (χ4v) is 1.41. The molecule has 2 aromatic heterocycles. The molecule has 94 valence electrons. The Hall–Kier alpha value is -2.44. The average Bonchev–Trinajstić information content (AvgIpc) is 2.82. The van der Waals surface area contributed by atoms with E-state index in [0.29, 0.717) is 12.4 Å². The topological polar surface area (TPSA) is 84.7 Å². The second-order valence-corrected chi connectivity index (χ2v) is 3.74. The molecule has 0 saturated carbocycles. The van der Waals surface area contributed by atoms with Gasteiger partial charge in [0, 0.05) is 32.4 Å². The third-order valence-corrected chi connectivity index (χ3v) is 2.35. The second kappa shape index (κ2) is 5.26. The molecule has 18 heavy (non-hydrogen) atoms. The van der Waals surface area contributed by atoms with Crippen LogP contribution in [0.15, 0.2) is 24.8 Å². The van der Waals surface area contributed by atoms with E-state index < -0.39 is 0 Å². The quantitative estimate of drug-likeness (QED) is 0.804. The molecule has 2 aromatic rings. The molecule has 0 aromatic carbocycles. The van der Waals surface area contributed by atoms with Crippen LogP contribution in [0.1, 0.15) is 16.1 Å². The van der Waals surface area contributed by atoms with Gasteiger partial charge in [-0.25, -0.2) is 9.97 Å². The number of anilines is 1. The number of nitrogens with zero attached hydrogens (tertiary/aromatic N) is 4. The van der Waals surface area contributed by atoms with Crippen LogP contribution in [0, 0.1) is 0 Å². The van der Waals surface area contributed by atoms with Crippen LogP contribution in [0.2, 0.25) is 0 Å². The first-order valence-corrected chi connectivity index (χ1v) is 5.44. The van der Waals surface area contributed by atoms with Gasteiger partial charge in [-0.2, -0.15) is 5.10 Å². The maximum atomic E-state index is 11.8. The molecule has 0 atom stereocenters. The fourth-order valence-electron chi connectivity index (χ4n) is 1.41. The van der Waals surface area contributed by atoms with E-state index in [2.05, 4.69) is 25.7 Å². The van der Waals surface area contributed by atoms with Gasteiger partial charge in [-0.15, -0.1) is 0 Å². The van der Waals surface area contributed by atoms with E-state index in [-0.39, 0.29) is 11.6 Å². The molecule has 0 aliphatic carbocycles. The summed E-state index contributed by atoms with van der Waals surface area (Å²) >= 11 is 0. The Bertz CT molecular complexity index is 533. The molecular weight excluding hydrogens is 232 g/mol. The molecule has 0 unspecified atom stereocenters. The van der Waals surface area contributed by atoms with Gasteiger partial charge < -0.3 is 10.6 Å². The Morgan fingerprint density at radius 1 is 1.33 bits per heavy atom. The molecule has 0 spiro atoms. The normalized spacial score (nSPS) is 10.1. The Morgan fingerprint density at radius 2 is 2.17 bits per heavy atom. The number of nitrogens with one attached hydrogen (secondary N) is 2.